The molecule has 136 valence electrons. The van der Waals surface area contributed by atoms with Crippen LogP contribution in [0.4, 0.5) is 5.82 Å². The molecule has 0 amide bonds. The lowest BCUT2D eigenvalue weighted by Crippen LogP contribution is -2.33. The summed E-state index contributed by atoms with van der Waals surface area (Å²) in [4.78, 5) is 12.2. The number of benzene rings is 1. The number of hydrogen-bond acceptors (Lipinski definition) is 4. The number of anilines is 1. The lowest BCUT2D eigenvalue weighted by molar-refractivity contribution is 0.437. The highest BCUT2D eigenvalue weighted by atomic mass is 15.3. The van der Waals surface area contributed by atoms with E-state index in [0.29, 0.717) is 0 Å². The molecule has 26 heavy (non-hydrogen) atoms. The molecule has 0 N–H and O–H groups in total. The molecule has 1 aromatic carbocycles. The molecule has 5 nitrogen and oxygen atoms in total. The number of nitrogens with zero attached hydrogens (tertiary/aromatic N) is 5. The molecule has 0 spiro atoms. The Hall–Kier alpha value is -2.43. The molecule has 0 atom stereocenters. The lowest BCUT2D eigenvalue weighted by Gasteiger charge is -2.31. The summed E-state index contributed by atoms with van der Waals surface area (Å²) in [5.74, 6) is 2.75. The quantitative estimate of drug-likeness (QED) is 0.710. The number of hydrogen-bond donors (Lipinski definition) is 0. The van der Waals surface area contributed by atoms with E-state index in [2.05, 4.69) is 56.9 Å². The van der Waals surface area contributed by atoms with Gasteiger partial charge in [0.05, 0.1) is 16.8 Å². The van der Waals surface area contributed by atoms with E-state index < -0.39 is 0 Å². The molecule has 4 rings (SSSR count). The molecule has 0 saturated carbocycles. The zero-order valence-electron chi connectivity index (χ0n) is 16.2. The van der Waals surface area contributed by atoms with Crippen molar-refractivity contribution in [2.45, 2.75) is 47.0 Å². The summed E-state index contributed by atoms with van der Waals surface area (Å²) >= 11 is 0. The van der Waals surface area contributed by atoms with Gasteiger partial charge in [0.1, 0.15) is 11.6 Å². The first-order valence-corrected chi connectivity index (χ1v) is 9.65. The Labute approximate surface area is 155 Å². The molecule has 0 unspecified atom stereocenters. The van der Waals surface area contributed by atoms with Crippen LogP contribution in [0.3, 0.4) is 0 Å². The Balaban J connectivity index is 1.89. The molecule has 1 saturated heterocycles. The van der Waals surface area contributed by atoms with Crippen LogP contribution >= 0.6 is 0 Å². The van der Waals surface area contributed by atoms with Crippen molar-refractivity contribution in [2.24, 2.45) is 5.92 Å². The van der Waals surface area contributed by atoms with E-state index in [4.69, 9.17) is 15.1 Å². The predicted octanol–water partition coefficient (Wildman–Crippen LogP) is 4.23. The maximum atomic E-state index is 4.91. The van der Waals surface area contributed by atoms with Gasteiger partial charge in [0, 0.05) is 19.5 Å². The Morgan fingerprint density at radius 3 is 2.38 bits per heavy atom. The molecule has 3 aromatic rings. The van der Waals surface area contributed by atoms with Crippen molar-refractivity contribution in [3.63, 3.8) is 0 Å². The minimum atomic E-state index is 0.797. The van der Waals surface area contributed by atoms with Crippen LogP contribution in [0.2, 0.25) is 0 Å². The van der Waals surface area contributed by atoms with E-state index in [-0.39, 0.29) is 0 Å². The van der Waals surface area contributed by atoms with Crippen LogP contribution in [0, 0.1) is 19.8 Å². The second-order valence-electron chi connectivity index (χ2n) is 7.52. The van der Waals surface area contributed by atoms with E-state index in [1.54, 1.807) is 0 Å². The molecular formula is C21H27N5. The summed E-state index contributed by atoms with van der Waals surface area (Å²) in [5, 5.41) is 5.92. The Morgan fingerprint density at radius 2 is 1.73 bits per heavy atom. The first kappa shape index (κ1) is 17.0. The highest BCUT2D eigenvalue weighted by Gasteiger charge is 2.23. The fourth-order valence-electron chi connectivity index (χ4n) is 3.68. The van der Waals surface area contributed by atoms with Gasteiger partial charge in [0.2, 0.25) is 0 Å². The fourth-order valence-corrected chi connectivity index (χ4v) is 3.68. The molecule has 0 aliphatic carbocycles. The van der Waals surface area contributed by atoms with Gasteiger partial charge >= 0.3 is 0 Å². The molecule has 3 heterocycles. The summed E-state index contributed by atoms with van der Waals surface area (Å²) in [6, 6.07) is 8.45. The van der Waals surface area contributed by atoms with E-state index in [9.17, 15) is 0 Å². The van der Waals surface area contributed by atoms with Crippen LogP contribution in [0.5, 0.6) is 0 Å². The third kappa shape index (κ3) is 2.96. The van der Waals surface area contributed by atoms with Crippen molar-refractivity contribution in [3.05, 3.63) is 41.3 Å². The second kappa shape index (κ2) is 6.71. The van der Waals surface area contributed by atoms with Gasteiger partial charge in [-0.1, -0.05) is 31.5 Å². The van der Waals surface area contributed by atoms with E-state index in [1.165, 1.54) is 18.4 Å². The van der Waals surface area contributed by atoms with Crippen LogP contribution in [0.15, 0.2) is 24.3 Å². The van der Waals surface area contributed by atoms with Crippen molar-refractivity contribution in [1.82, 2.24) is 19.7 Å². The van der Waals surface area contributed by atoms with E-state index >= 15 is 0 Å². The zero-order chi connectivity index (χ0) is 18.3. The number of piperidine rings is 1. The number of aryl methyl sites for hydroxylation is 3. The summed E-state index contributed by atoms with van der Waals surface area (Å²) in [5.41, 5.74) is 4.21. The summed E-state index contributed by atoms with van der Waals surface area (Å²) < 4.78 is 1.97. The van der Waals surface area contributed by atoms with Crippen LogP contribution in [0.25, 0.3) is 16.7 Å². The smallest absolute Gasteiger partial charge is 0.168 e. The molecular weight excluding hydrogens is 322 g/mol. The van der Waals surface area contributed by atoms with E-state index in [0.717, 1.165) is 59.5 Å². The molecule has 0 radical (unpaired) electrons. The Kier molecular flexibility index (Phi) is 4.39. The van der Waals surface area contributed by atoms with Crippen LogP contribution in [0.1, 0.15) is 43.8 Å². The van der Waals surface area contributed by atoms with Gasteiger partial charge in [-0.05, 0) is 44.7 Å². The van der Waals surface area contributed by atoms with Crippen LogP contribution in [-0.2, 0) is 6.42 Å². The SMILES string of the molecule is CCc1nc(N2CCC(C)CC2)c2c(C)nn(-c3ccc(C)cc3)c2n1. The average Bonchev–Trinajstić information content (AvgIpc) is 2.99. The lowest BCUT2D eigenvalue weighted by atomic mass is 9.99. The van der Waals surface area contributed by atoms with Crippen molar-refractivity contribution in [3.8, 4) is 5.69 Å². The standard InChI is InChI=1S/C21H27N5/c1-5-18-22-20(25-12-10-15(3)11-13-25)19-16(4)24-26(21(19)23-18)17-8-6-14(2)7-9-17/h6-9,15H,5,10-13H2,1-4H3. The van der Waals surface area contributed by atoms with Gasteiger partial charge in [-0.2, -0.15) is 5.10 Å². The fraction of sp³-hybridized carbons (Fsp3) is 0.476. The summed E-state index contributed by atoms with van der Waals surface area (Å²) in [6.07, 6.45) is 3.27. The van der Waals surface area contributed by atoms with Gasteiger partial charge in [-0.25, -0.2) is 14.6 Å². The number of aromatic nitrogens is 4. The Morgan fingerprint density at radius 1 is 1.04 bits per heavy atom. The predicted molar refractivity (Wildman–Crippen MR) is 106 cm³/mol. The third-order valence-corrected chi connectivity index (χ3v) is 5.41. The highest BCUT2D eigenvalue weighted by Crippen LogP contribution is 2.31. The Bertz CT molecular complexity index is 918. The molecule has 1 aliphatic heterocycles. The maximum Gasteiger partial charge on any atom is 0.168 e. The van der Waals surface area contributed by atoms with Crippen molar-refractivity contribution in [2.75, 3.05) is 18.0 Å². The topological polar surface area (TPSA) is 46.8 Å². The average molecular weight is 349 g/mol. The maximum absolute atomic E-state index is 4.91. The van der Waals surface area contributed by atoms with Gasteiger partial charge in [0.25, 0.3) is 0 Å². The first-order valence-electron chi connectivity index (χ1n) is 9.65. The number of fused-ring (bicyclic) bond motifs is 1. The number of rotatable bonds is 3. The minimum Gasteiger partial charge on any atom is -0.356 e. The van der Waals surface area contributed by atoms with Gasteiger partial charge < -0.3 is 4.90 Å². The normalized spacial score (nSPS) is 15.8. The van der Waals surface area contributed by atoms with E-state index in [1.807, 2.05) is 4.68 Å². The van der Waals surface area contributed by atoms with Crippen molar-refractivity contribution >= 4 is 16.9 Å². The zero-order valence-corrected chi connectivity index (χ0v) is 16.2. The van der Waals surface area contributed by atoms with Gasteiger partial charge in [-0.15, -0.1) is 0 Å². The molecule has 1 fully saturated rings. The largest absolute Gasteiger partial charge is 0.356 e. The van der Waals surface area contributed by atoms with Crippen molar-refractivity contribution in [1.29, 1.82) is 0 Å². The van der Waals surface area contributed by atoms with Gasteiger partial charge in [-0.3, -0.25) is 0 Å². The first-order chi connectivity index (χ1) is 12.6. The second-order valence-corrected chi connectivity index (χ2v) is 7.52. The van der Waals surface area contributed by atoms with Crippen molar-refractivity contribution < 1.29 is 0 Å². The molecule has 2 aromatic heterocycles. The monoisotopic (exact) mass is 349 g/mol. The highest BCUT2D eigenvalue weighted by molar-refractivity contribution is 5.91. The molecule has 5 heteroatoms. The molecule has 1 aliphatic rings. The summed E-state index contributed by atoms with van der Waals surface area (Å²) in [7, 11) is 0. The van der Waals surface area contributed by atoms with Crippen LogP contribution in [-0.4, -0.2) is 32.8 Å². The molecule has 0 bridgehead atoms. The third-order valence-electron chi connectivity index (χ3n) is 5.41. The summed E-state index contributed by atoms with van der Waals surface area (Å²) in [6.45, 7) is 10.7. The van der Waals surface area contributed by atoms with Gasteiger partial charge in [0.15, 0.2) is 5.65 Å². The van der Waals surface area contributed by atoms with Crippen LogP contribution < -0.4 is 4.90 Å². The minimum absolute atomic E-state index is 0.797.